The number of hydrogen-bond acceptors (Lipinski definition) is 5. The van der Waals surface area contributed by atoms with Gasteiger partial charge >= 0.3 is 0 Å². The molecule has 0 fully saturated rings. The van der Waals surface area contributed by atoms with Crippen LogP contribution >= 0.6 is 0 Å². The summed E-state index contributed by atoms with van der Waals surface area (Å²) in [5.74, 6) is 1.02. The van der Waals surface area contributed by atoms with Crippen LogP contribution in [-0.4, -0.2) is 50.6 Å². The summed E-state index contributed by atoms with van der Waals surface area (Å²) in [5, 5.41) is 2.81. The van der Waals surface area contributed by atoms with Crippen LogP contribution in [0.1, 0.15) is 18.1 Å². The standard InChI is InChI=1S/C22H27N3O4/c1-14-10-19(28-4)20(29-5)11-16(14)12-24(3)15(2)22(27)25-13-21(26)23-17-8-6-7-9-18(17)25/h6-11,15H,12-13H2,1-5H3,(H,23,26)/t15-/m0/s1. The molecule has 1 atom stereocenters. The number of para-hydroxylation sites is 2. The number of ether oxygens (including phenoxy) is 2. The second-order valence-corrected chi connectivity index (χ2v) is 7.21. The van der Waals surface area contributed by atoms with E-state index in [4.69, 9.17) is 9.47 Å². The number of hydrogen-bond donors (Lipinski definition) is 1. The van der Waals surface area contributed by atoms with Crippen molar-refractivity contribution in [1.29, 1.82) is 0 Å². The van der Waals surface area contributed by atoms with Crippen LogP contribution in [0.2, 0.25) is 0 Å². The molecule has 2 aromatic rings. The maximum absolute atomic E-state index is 13.2. The zero-order chi connectivity index (χ0) is 21.1. The summed E-state index contributed by atoms with van der Waals surface area (Å²) in [5.41, 5.74) is 3.47. The topological polar surface area (TPSA) is 71.1 Å². The number of anilines is 2. The zero-order valence-electron chi connectivity index (χ0n) is 17.5. The Morgan fingerprint density at radius 2 is 1.86 bits per heavy atom. The summed E-state index contributed by atoms with van der Waals surface area (Å²) < 4.78 is 10.8. The van der Waals surface area contributed by atoms with Crippen molar-refractivity contribution in [2.24, 2.45) is 0 Å². The number of carbonyl (C=O) groups is 2. The van der Waals surface area contributed by atoms with Gasteiger partial charge in [-0.05, 0) is 56.3 Å². The normalized spacial score (nSPS) is 14.3. The number of benzene rings is 2. The van der Waals surface area contributed by atoms with Gasteiger partial charge in [0.1, 0.15) is 6.54 Å². The highest BCUT2D eigenvalue weighted by molar-refractivity contribution is 6.11. The molecule has 1 aliphatic heterocycles. The Bertz CT molecular complexity index is 928. The average molecular weight is 397 g/mol. The van der Waals surface area contributed by atoms with Gasteiger partial charge in [-0.25, -0.2) is 0 Å². The fourth-order valence-electron chi connectivity index (χ4n) is 3.44. The largest absolute Gasteiger partial charge is 0.493 e. The number of methoxy groups -OCH3 is 2. The highest BCUT2D eigenvalue weighted by atomic mass is 16.5. The van der Waals surface area contributed by atoms with Gasteiger partial charge in [-0.1, -0.05) is 12.1 Å². The van der Waals surface area contributed by atoms with Crippen molar-refractivity contribution in [3.8, 4) is 11.5 Å². The summed E-state index contributed by atoms with van der Waals surface area (Å²) in [6.45, 7) is 4.43. The van der Waals surface area contributed by atoms with E-state index in [9.17, 15) is 9.59 Å². The molecule has 2 aromatic carbocycles. The first-order chi connectivity index (χ1) is 13.8. The monoisotopic (exact) mass is 397 g/mol. The van der Waals surface area contributed by atoms with E-state index in [1.807, 2.05) is 56.1 Å². The molecule has 0 aliphatic carbocycles. The maximum Gasteiger partial charge on any atom is 0.244 e. The van der Waals surface area contributed by atoms with Crippen molar-refractivity contribution < 1.29 is 19.1 Å². The smallest absolute Gasteiger partial charge is 0.244 e. The first-order valence-electron chi connectivity index (χ1n) is 9.47. The predicted octanol–water partition coefficient (Wildman–Crippen LogP) is 2.82. The molecule has 0 bridgehead atoms. The Labute approximate surface area is 171 Å². The van der Waals surface area contributed by atoms with E-state index < -0.39 is 6.04 Å². The van der Waals surface area contributed by atoms with Crippen LogP contribution in [-0.2, 0) is 16.1 Å². The fourth-order valence-corrected chi connectivity index (χ4v) is 3.44. The van der Waals surface area contributed by atoms with Gasteiger partial charge in [0.25, 0.3) is 0 Å². The number of likely N-dealkylation sites (N-methyl/N-ethyl adjacent to an activating group) is 1. The Morgan fingerprint density at radius 1 is 1.21 bits per heavy atom. The van der Waals surface area contributed by atoms with E-state index in [0.29, 0.717) is 23.7 Å². The Balaban J connectivity index is 1.80. The molecule has 0 saturated carbocycles. The molecule has 0 unspecified atom stereocenters. The van der Waals surface area contributed by atoms with Gasteiger partial charge in [0.15, 0.2) is 11.5 Å². The van der Waals surface area contributed by atoms with Gasteiger partial charge in [0, 0.05) is 6.54 Å². The minimum Gasteiger partial charge on any atom is -0.493 e. The van der Waals surface area contributed by atoms with Crippen molar-refractivity contribution in [3.63, 3.8) is 0 Å². The molecule has 0 saturated heterocycles. The molecule has 3 rings (SSSR count). The number of amides is 2. The van der Waals surface area contributed by atoms with E-state index in [0.717, 1.165) is 16.8 Å². The van der Waals surface area contributed by atoms with Gasteiger partial charge in [0.2, 0.25) is 11.8 Å². The number of nitrogens with one attached hydrogen (secondary N) is 1. The third-order valence-corrected chi connectivity index (χ3v) is 5.32. The molecule has 1 heterocycles. The van der Waals surface area contributed by atoms with Crippen LogP contribution < -0.4 is 19.7 Å². The van der Waals surface area contributed by atoms with Crippen LogP contribution in [0, 0.1) is 6.92 Å². The summed E-state index contributed by atoms with van der Waals surface area (Å²) in [6, 6.07) is 10.8. The molecule has 7 nitrogen and oxygen atoms in total. The average Bonchev–Trinajstić information content (AvgIpc) is 2.72. The molecule has 7 heteroatoms. The van der Waals surface area contributed by atoms with Crippen LogP contribution in [0.25, 0.3) is 0 Å². The zero-order valence-corrected chi connectivity index (χ0v) is 17.5. The number of fused-ring (bicyclic) bond motifs is 1. The van der Waals surface area contributed by atoms with Crippen molar-refractivity contribution >= 4 is 23.2 Å². The lowest BCUT2D eigenvalue weighted by atomic mass is 10.1. The molecule has 2 amide bonds. The van der Waals surface area contributed by atoms with Gasteiger partial charge in [-0.15, -0.1) is 0 Å². The van der Waals surface area contributed by atoms with Crippen LogP contribution in [0.15, 0.2) is 36.4 Å². The van der Waals surface area contributed by atoms with E-state index in [2.05, 4.69) is 5.32 Å². The molecule has 1 N–H and O–H groups in total. The summed E-state index contributed by atoms with van der Waals surface area (Å²) >= 11 is 0. The van der Waals surface area contributed by atoms with Crippen molar-refractivity contribution in [2.45, 2.75) is 26.4 Å². The van der Waals surface area contributed by atoms with E-state index in [1.54, 1.807) is 25.2 Å². The minimum atomic E-state index is -0.415. The summed E-state index contributed by atoms with van der Waals surface area (Å²) in [4.78, 5) is 28.8. The molecular weight excluding hydrogens is 370 g/mol. The van der Waals surface area contributed by atoms with E-state index >= 15 is 0 Å². The molecule has 0 aromatic heterocycles. The lowest BCUT2D eigenvalue weighted by Crippen LogP contribution is -2.50. The van der Waals surface area contributed by atoms with Crippen LogP contribution in [0.4, 0.5) is 11.4 Å². The number of carbonyl (C=O) groups excluding carboxylic acids is 2. The first-order valence-corrected chi connectivity index (χ1v) is 9.47. The van der Waals surface area contributed by atoms with Crippen molar-refractivity contribution in [1.82, 2.24) is 4.90 Å². The second kappa shape index (κ2) is 8.53. The SMILES string of the molecule is COc1cc(C)c(CN(C)[C@@H](C)C(=O)N2CC(=O)Nc3ccccc32)cc1OC. The molecule has 154 valence electrons. The van der Waals surface area contributed by atoms with E-state index in [1.165, 1.54) is 0 Å². The summed E-state index contributed by atoms with van der Waals surface area (Å²) in [6.07, 6.45) is 0. The Hall–Kier alpha value is -3.06. The molecule has 0 radical (unpaired) electrons. The molecular formula is C22H27N3O4. The highest BCUT2D eigenvalue weighted by Crippen LogP contribution is 2.32. The van der Waals surface area contributed by atoms with E-state index in [-0.39, 0.29) is 18.4 Å². The van der Waals surface area contributed by atoms with Gasteiger partial charge in [0.05, 0.1) is 31.6 Å². The molecule has 29 heavy (non-hydrogen) atoms. The molecule has 1 aliphatic rings. The molecule has 0 spiro atoms. The quantitative estimate of drug-likeness (QED) is 0.812. The van der Waals surface area contributed by atoms with Crippen LogP contribution in [0.3, 0.4) is 0 Å². The lowest BCUT2D eigenvalue weighted by molar-refractivity contribution is -0.125. The van der Waals surface area contributed by atoms with Crippen LogP contribution in [0.5, 0.6) is 11.5 Å². The Kier molecular flexibility index (Phi) is 6.08. The van der Waals surface area contributed by atoms with Gasteiger partial charge in [-0.2, -0.15) is 0 Å². The van der Waals surface area contributed by atoms with Crippen molar-refractivity contribution in [3.05, 3.63) is 47.5 Å². The second-order valence-electron chi connectivity index (χ2n) is 7.21. The number of nitrogens with zero attached hydrogens (tertiary/aromatic N) is 2. The number of rotatable bonds is 6. The minimum absolute atomic E-state index is 0.0173. The highest BCUT2D eigenvalue weighted by Gasteiger charge is 2.31. The predicted molar refractivity (Wildman–Crippen MR) is 113 cm³/mol. The fraction of sp³-hybridized carbons (Fsp3) is 0.364. The summed E-state index contributed by atoms with van der Waals surface area (Å²) in [7, 11) is 5.11. The third-order valence-electron chi connectivity index (χ3n) is 5.32. The number of aryl methyl sites for hydroxylation is 1. The van der Waals surface area contributed by atoms with Crippen molar-refractivity contribution in [2.75, 3.05) is 38.0 Å². The maximum atomic E-state index is 13.2. The van der Waals surface area contributed by atoms with Gasteiger partial charge < -0.3 is 14.8 Å². The first kappa shape index (κ1) is 20.7. The lowest BCUT2D eigenvalue weighted by Gasteiger charge is -2.34. The third kappa shape index (κ3) is 4.19. The van der Waals surface area contributed by atoms with Gasteiger partial charge in [-0.3, -0.25) is 19.4 Å². The Morgan fingerprint density at radius 3 is 2.55 bits per heavy atom.